The SMILES string of the molecule is C[C@@H](OC(=O)c1cc(Cl)cc(Cl)c1)c1nnc(-c2ccccc2)o1. The zero-order valence-corrected chi connectivity index (χ0v) is 14.1. The Morgan fingerprint density at radius 2 is 1.75 bits per heavy atom. The van der Waals surface area contributed by atoms with E-state index in [1.165, 1.54) is 18.2 Å². The molecule has 7 heteroatoms. The Labute approximate surface area is 148 Å². The van der Waals surface area contributed by atoms with Gasteiger partial charge in [0.05, 0.1) is 5.56 Å². The maximum atomic E-state index is 12.2. The maximum Gasteiger partial charge on any atom is 0.339 e. The van der Waals surface area contributed by atoms with E-state index in [9.17, 15) is 4.79 Å². The summed E-state index contributed by atoms with van der Waals surface area (Å²) in [5.41, 5.74) is 1.04. The molecule has 1 atom stereocenters. The van der Waals surface area contributed by atoms with Crippen LogP contribution in [0.2, 0.25) is 10.0 Å². The van der Waals surface area contributed by atoms with Crippen molar-refractivity contribution < 1.29 is 13.9 Å². The summed E-state index contributed by atoms with van der Waals surface area (Å²) in [5, 5.41) is 8.60. The molecule has 24 heavy (non-hydrogen) atoms. The fourth-order valence-corrected chi connectivity index (χ4v) is 2.57. The van der Waals surface area contributed by atoms with Gasteiger partial charge in [-0.1, -0.05) is 41.4 Å². The minimum absolute atomic E-state index is 0.204. The lowest BCUT2D eigenvalue weighted by atomic mass is 10.2. The van der Waals surface area contributed by atoms with Crippen LogP contribution >= 0.6 is 23.2 Å². The van der Waals surface area contributed by atoms with Crippen LogP contribution in [0.25, 0.3) is 11.5 Å². The minimum Gasteiger partial charge on any atom is -0.449 e. The maximum absolute atomic E-state index is 12.2. The quantitative estimate of drug-likeness (QED) is 0.613. The van der Waals surface area contributed by atoms with Gasteiger partial charge >= 0.3 is 5.97 Å². The zero-order chi connectivity index (χ0) is 17.1. The Balaban J connectivity index is 1.74. The van der Waals surface area contributed by atoms with Crippen molar-refractivity contribution in [1.82, 2.24) is 10.2 Å². The fraction of sp³-hybridized carbons (Fsp3) is 0.118. The van der Waals surface area contributed by atoms with E-state index < -0.39 is 12.1 Å². The number of carbonyl (C=O) groups is 1. The lowest BCUT2D eigenvalue weighted by Crippen LogP contribution is -2.09. The summed E-state index contributed by atoms with van der Waals surface area (Å²) in [7, 11) is 0. The van der Waals surface area contributed by atoms with Crippen molar-refractivity contribution in [3.8, 4) is 11.5 Å². The molecule has 1 aromatic heterocycles. The van der Waals surface area contributed by atoms with Gasteiger partial charge in [0.25, 0.3) is 5.89 Å². The first-order valence-corrected chi connectivity index (χ1v) is 7.84. The molecule has 0 bridgehead atoms. The molecule has 0 aliphatic rings. The summed E-state index contributed by atoms with van der Waals surface area (Å²) in [5.74, 6) is -0.0130. The Kier molecular flexibility index (Phi) is 4.83. The first kappa shape index (κ1) is 16.5. The molecule has 5 nitrogen and oxygen atoms in total. The molecule has 3 rings (SSSR count). The number of ether oxygens (including phenoxy) is 1. The number of esters is 1. The number of halogens is 2. The normalized spacial score (nSPS) is 12.0. The van der Waals surface area contributed by atoms with Crippen LogP contribution < -0.4 is 0 Å². The summed E-state index contributed by atoms with van der Waals surface area (Å²) in [6, 6.07) is 13.8. The first-order valence-electron chi connectivity index (χ1n) is 7.09. The molecule has 0 aliphatic heterocycles. The number of carbonyl (C=O) groups excluding carboxylic acids is 1. The Hall–Kier alpha value is -2.37. The lowest BCUT2D eigenvalue weighted by molar-refractivity contribution is 0.0280. The van der Waals surface area contributed by atoms with E-state index in [2.05, 4.69) is 10.2 Å². The number of hydrogen-bond acceptors (Lipinski definition) is 5. The molecule has 0 spiro atoms. The van der Waals surface area contributed by atoms with Gasteiger partial charge in [-0.2, -0.15) is 0 Å². The second kappa shape index (κ2) is 7.03. The number of nitrogens with zero attached hydrogens (tertiary/aromatic N) is 2. The van der Waals surface area contributed by atoms with E-state index in [-0.39, 0.29) is 11.5 Å². The summed E-state index contributed by atoms with van der Waals surface area (Å²) >= 11 is 11.8. The second-order valence-electron chi connectivity index (χ2n) is 5.02. The van der Waals surface area contributed by atoms with Gasteiger partial charge in [0.2, 0.25) is 5.89 Å². The molecule has 0 N–H and O–H groups in total. The highest BCUT2D eigenvalue weighted by Gasteiger charge is 2.20. The second-order valence-corrected chi connectivity index (χ2v) is 5.89. The third kappa shape index (κ3) is 3.75. The summed E-state index contributed by atoms with van der Waals surface area (Å²) in [4.78, 5) is 12.2. The predicted octanol–water partition coefficient (Wildman–Crippen LogP) is 4.96. The van der Waals surface area contributed by atoms with Gasteiger partial charge in [-0.25, -0.2) is 4.79 Å². The van der Waals surface area contributed by atoms with E-state index in [4.69, 9.17) is 32.4 Å². The monoisotopic (exact) mass is 362 g/mol. The van der Waals surface area contributed by atoms with Crippen molar-refractivity contribution >= 4 is 29.2 Å². The van der Waals surface area contributed by atoms with E-state index >= 15 is 0 Å². The van der Waals surface area contributed by atoms with Gasteiger partial charge in [0.1, 0.15) is 0 Å². The summed E-state index contributed by atoms with van der Waals surface area (Å²) in [6.45, 7) is 1.65. The molecule has 122 valence electrons. The Morgan fingerprint density at radius 3 is 2.42 bits per heavy atom. The third-order valence-corrected chi connectivity index (χ3v) is 3.63. The topological polar surface area (TPSA) is 65.2 Å². The van der Waals surface area contributed by atoms with Crippen LogP contribution in [0, 0.1) is 0 Å². The highest BCUT2D eigenvalue weighted by Crippen LogP contribution is 2.24. The summed E-state index contributed by atoms with van der Waals surface area (Å²) in [6.07, 6.45) is -0.708. The number of hydrogen-bond donors (Lipinski definition) is 0. The highest BCUT2D eigenvalue weighted by molar-refractivity contribution is 6.35. The molecule has 0 amide bonds. The van der Waals surface area contributed by atoms with Gasteiger partial charge in [-0.3, -0.25) is 0 Å². The lowest BCUT2D eigenvalue weighted by Gasteiger charge is -2.09. The van der Waals surface area contributed by atoms with Crippen LogP contribution in [0.1, 0.15) is 29.3 Å². The van der Waals surface area contributed by atoms with Crippen molar-refractivity contribution in [3.63, 3.8) is 0 Å². The molecular weight excluding hydrogens is 351 g/mol. The number of benzene rings is 2. The van der Waals surface area contributed by atoms with Crippen LogP contribution in [-0.2, 0) is 4.74 Å². The van der Waals surface area contributed by atoms with Crippen molar-refractivity contribution in [1.29, 1.82) is 0 Å². The largest absolute Gasteiger partial charge is 0.449 e. The summed E-state index contributed by atoms with van der Waals surface area (Å²) < 4.78 is 10.9. The predicted molar refractivity (Wildman–Crippen MR) is 90.0 cm³/mol. The number of aromatic nitrogens is 2. The molecule has 0 saturated carbocycles. The molecule has 0 radical (unpaired) electrons. The highest BCUT2D eigenvalue weighted by atomic mass is 35.5. The molecule has 0 saturated heterocycles. The Morgan fingerprint density at radius 1 is 1.08 bits per heavy atom. The molecular formula is C17H12Cl2N2O3. The van der Waals surface area contributed by atoms with Gasteiger partial charge in [0, 0.05) is 15.6 Å². The van der Waals surface area contributed by atoms with Crippen LogP contribution in [-0.4, -0.2) is 16.2 Å². The van der Waals surface area contributed by atoms with Crippen molar-refractivity contribution in [2.45, 2.75) is 13.0 Å². The van der Waals surface area contributed by atoms with E-state index in [1.807, 2.05) is 30.3 Å². The van der Waals surface area contributed by atoms with Gasteiger partial charge < -0.3 is 9.15 Å². The third-order valence-electron chi connectivity index (χ3n) is 3.19. The van der Waals surface area contributed by atoms with Crippen LogP contribution in [0.15, 0.2) is 52.9 Å². The molecule has 0 aliphatic carbocycles. The van der Waals surface area contributed by atoms with Crippen LogP contribution in [0.4, 0.5) is 0 Å². The van der Waals surface area contributed by atoms with E-state index in [0.717, 1.165) is 5.56 Å². The van der Waals surface area contributed by atoms with Crippen molar-refractivity contribution in [2.75, 3.05) is 0 Å². The van der Waals surface area contributed by atoms with Crippen LogP contribution in [0.5, 0.6) is 0 Å². The van der Waals surface area contributed by atoms with Crippen molar-refractivity contribution in [2.24, 2.45) is 0 Å². The molecule has 0 fully saturated rings. The Bertz CT molecular complexity index is 845. The van der Waals surface area contributed by atoms with Crippen LogP contribution in [0.3, 0.4) is 0 Å². The van der Waals surface area contributed by atoms with E-state index in [0.29, 0.717) is 15.9 Å². The molecule has 3 aromatic rings. The van der Waals surface area contributed by atoms with Crippen molar-refractivity contribution in [3.05, 3.63) is 70.0 Å². The fourth-order valence-electron chi connectivity index (χ4n) is 2.05. The average Bonchev–Trinajstić information content (AvgIpc) is 3.05. The first-order chi connectivity index (χ1) is 11.5. The smallest absolute Gasteiger partial charge is 0.339 e. The minimum atomic E-state index is -0.708. The van der Waals surface area contributed by atoms with E-state index in [1.54, 1.807) is 6.92 Å². The average molecular weight is 363 g/mol. The van der Waals surface area contributed by atoms with Gasteiger partial charge in [0.15, 0.2) is 6.10 Å². The molecule has 1 heterocycles. The van der Waals surface area contributed by atoms with Gasteiger partial charge in [-0.15, -0.1) is 10.2 Å². The number of rotatable bonds is 4. The molecule has 0 unspecified atom stereocenters. The van der Waals surface area contributed by atoms with Gasteiger partial charge in [-0.05, 0) is 37.3 Å². The zero-order valence-electron chi connectivity index (χ0n) is 12.6. The molecule has 2 aromatic carbocycles. The standard InChI is InChI=1S/C17H12Cl2N2O3/c1-10(23-17(22)12-7-13(18)9-14(19)8-12)15-20-21-16(24-15)11-5-3-2-4-6-11/h2-10H,1H3/t10-/m1/s1.